The Bertz CT molecular complexity index is 1010. The van der Waals surface area contributed by atoms with Crippen LogP contribution in [0.4, 0.5) is 0 Å². The average molecular weight is 366 g/mol. The predicted molar refractivity (Wildman–Crippen MR) is 104 cm³/mol. The second kappa shape index (κ2) is 7.90. The van der Waals surface area contributed by atoms with Crippen LogP contribution < -0.4 is 14.9 Å². The van der Waals surface area contributed by atoms with Crippen LogP contribution in [0.1, 0.15) is 18.3 Å². The number of amides is 1. The van der Waals surface area contributed by atoms with Crippen LogP contribution in [-0.4, -0.2) is 35.4 Å². The highest BCUT2D eigenvalue weighted by atomic mass is 16.5. The fourth-order valence-electron chi connectivity index (χ4n) is 2.88. The first kappa shape index (κ1) is 18.4. The van der Waals surface area contributed by atoms with Gasteiger partial charge in [-0.25, -0.2) is 10.4 Å². The number of hydrogen-bond acceptors (Lipinski definition) is 5. The zero-order valence-corrected chi connectivity index (χ0v) is 15.8. The number of carbonyl (C=O) groups is 1. The molecule has 0 saturated carbocycles. The van der Waals surface area contributed by atoms with E-state index < -0.39 is 0 Å². The number of aromatic nitrogens is 2. The summed E-state index contributed by atoms with van der Waals surface area (Å²) in [5.74, 6) is 1.87. The first-order chi connectivity index (χ1) is 13.0. The molecule has 0 fully saturated rings. The molecule has 0 saturated heterocycles. The number of para-hydroxylation sites is 2. The molecule has 1 amide bonds. The molecule has 1 aromatic heterocycles. The van der Waals surface area contributed by atoms with Crippen molar-refractivity contribution in [1.82, 2.24) is 15.0 Å². The summed E-state index contributed by atoms with van der Waals surface area (Å²) in [6.07, 6.45) is 0. The number of methoxy groups -OCH3 is 2. The summed E-state index contributed by atoms with van der Waals surface area (Å²) in [7, 11) is 3.18. The maximum absolute atomic E-state index is 12.4. The molecule has 0 spiro atoms. The van der Waals surface area contributed by atoms with Gasteiger partial charge in [0.15, 0.2) is 0 Å². The van der Waals surface area contributed by atoms with Gasteiger partial charge in [-0.3, -0.25) is 4.79 Å². The van der Waals surface area contributed by atoms with Crippen molar-refractivity contribution in [3.05, 3.63) is 53.9 Å². The lowest BCUT2D eigenvalue weighted by molar-refractivity contribution is -0.121. The lowest BCUT2D eigenvalue weighted by Gasteiger charge is -2.10. The highest BCUT2D eigenvalue weighted by Gasteiger charge is 2.12. The SMILES string of the molecule is COc1ccc(/C(C)=N\NC(=O)Cn2c(C)nc3ccccc32)c(OC)c1. The second-order valence-electron chi connectivity index (χ2n) is 6.03. The summed E-state index contributed by atoms with van der Waals surface area (Å²) in [5, 5.41) is 4.21. The minimum Gasteiger partial charge on any atom is -0.497 e. The molecule has 1 heterocycles. The molecule has 2 aromatic carbocycles. The van der Waals surface area contributed by atoms with Crippen LogP contribution in [0.15, 0.2) is 47.6 Å². The van der Waals surface area contributed by atoms with Gasteiger partial charge in [-0.15, -0.1) is 0 Å². The van der Waals surface area contributed by atoms with Gasteiger partial charge in [0, 0.05) is 11.6 Å². The Hall–Kier alpha value is -3.35. The van der Waals surface area contributed by atoms with Crippen LogP contribution >= 0.6 is 0 Å². The van der Waals surface area contributed by atoms with Crippen molar-refractivity contribution < 1.29 is 14.3 Å². The number of imidazole rings is 1. The third-order valence-electron chi connectivity index (χ3n) is 4.29. The summed E-state index contributed by atoms with van der Waals surface area (Å²) in [5.41, 5.74) is 5.80. The quantitative estimate of drug-likeness (QED) is 0.537. The van der Waals surface area contributed by atoms with Gasteiger partial charge in [0.05, 0.1) is 31.0 Å². The molecule has 0 aliphatic rings. The highest BCUT2D eigenvalue weighted by molar-refractivity contribution is 6.01. The number of nitrogens with one attached hydrogen (secondary N) is 1. The lowest BCUT2D eigenvalue weighted by Crippen LogP contribution is -2.24. The summed E-state index contributed by atoms with van der Waals surface area (Å²) < 4.78 is 12.4. The van der Waals surface area contributed by atoms with E-state index in [-0.39, 0.29) is 12.5 Å². The van der Waals surface area contributed by atoms with Crippen molar-refractivity contribution in [1.29, 1.82) is 0 Å². The van der Waals surface area contributed by atoms with Crippen LogP contribution in [-0.2, 0) is 11.3 Å². The number of rotatable bonds is 6. The minimum absolute atomic E-state index is 0.142. The molecule has 140 valence electrons. The molecule has 0 bridgehead atoms. The van der Waals surface area contributed by atoms with Crippen molar-refractivity contribution in [3.8, 4) is 11.5 Å². The molecule has 7 heteroatoms. The monoisotopic (exact) mass is 366 g/mol. The van der Waals surface area contributed by atoms with E-state index in [1.165, 1.54) is 0 Å². The molecule has 0 atom stereocenters. The normalized spacial score (nSPS) is 11.5. The van der Waals surface area contributed by atoms with E-state index in [0.717, 1.165) is 22.4 Å². The Morgan fingerprint density at radius 2 is 1.96 bits per heavy atom. The van der Waals surface area contributed by atoms with Crippen molar-refractivity contribution >= 4 is 22.7 Å². The van der Waals surface area contributed by atoms with Crippen molar-refractivity contribution in [2.45, 2.75) is 20.4 Å². The van der Waals surface area contributed by atoms with Gasteiger partial charge < -0.3 is 14.0 Å². The third kappa shape index (κ3) is 3.92. The molecule has 0 radical (unpaired) electrons. The van der Waals surface area contributed by atoms with Crippen molar-refractivity contribution in [2.24, 2.45) is 5.10 Å². The van der Waals surface area contributed by atoms with Crippen molar-refractivity contribution in [3.63, 3.8) is 0 Å². The van der Waals surface area contributed by atoms with Crippen molar-refractivity contribution in [2.75, 3.05) is 14.2 Å². The number of fused-ring (bicyclic) bond motifs is 1. The Kier molecular flexibility index (Phi) is 5.40. The Morgan fingerprint density at radius 3 is 2.70 bits per heavy atom. The van der Waals surface area contributed by atoms with E-state index in [2.05, 4.69) is 15.5 Å². The molecule has 3 rings (SSSR count). The number of ether oxygens (including phenoxy) is 2. The van der Waals surface area contributed by atoms with E-state index >= 15 is 0 Å². The maximum Gasteiger partial charge on any atom is 0.260 e. The number of hydrogen-bond donors (Lipinski definition) is 1. The zero-order chi connectivity index (χ0) is 19.4. The fraction of sp³-hybridized carbons (Fsp3) is 0.250. The van der Waals surface area contributed by atoms with Crippen LogP contribution in [0, 0.1) is 6.92 Å². The Balaban J connectivity index is 1.75. The van der Waals surface area contributed by atoms with E-state index in [0.29, 0.717) is 17.2 Å². The van der Waals surface area contributed by atoms with Crippen LogP contribution in [0.5, 0.6) is 11.5 Å². The van der Waals surface area contributed by atoms with Crippen LogP contribution in [0.3, 0.4) is 0 Å². The number of hydrazone groups is 1. The predicted octanol–water partition coefficient (Wildman–Crippen LogP) is 2.90. The van der Waals surface area contributed by atoms with Gasteiger partial charge in [0.1, 0.15) is 23.9 Å². The minimum atomic E-state index is -0.229. The van der Waals surface area contributed by atoms with E-state index in [4.69, 9.17) is 9.47 Å². The summed E-state index contributed by atoms with van der Waals surface area (Å²) in [4.78, 5) is 16.8. The molecule has 0 unspecified atom stereocenters. The fourth-order valence-corrected chi connectivity index (χ4v) is 2.88. The zero-order valence-electron chi connectivity index (χ0n) is 15.8. The number of carbonyl (C=O) groups excluding carboxylic acids is 1. The first-order valence-corrected chi connectivity index (χ1v) is 8.51. The standard InChI is InChI=1S/C20H22N4O3/c1-13(16-10-9-15(26-3)11-19(16)27-4)22-23-20(25)12-24-14(2)21-17-7-5-6-8-18(17)24/h5-11H,12H2,1-4H3,(H,23,25)/b22-13-. The maximum atomic E-state index is 12.4. The average Bonchev–Trinajstić information content (AvgIpc) is 3.00. The van der Waals surface area contributed by atoms with E-state index in [1.54, 1.807) is 20.3 Å². The Labute approximate surface area is 157 Å². The van der Waals surface area contributed by atoms with Crippen LogP contribution in [0.25, 0.3) is 11.0 Å². The number of aryl methyl sites for hydroxylation is 1. The lowest BCUT2D eigenvalue weighted by atomic mass is 10.1. The summed E-state index contributed by atoms with van der Waals surface area (Å²) in [6, 6.07) is 13.2. The molecule has 7 nitrogen and oxygen atoms in total. The smallest absolute Gasteiger partial charge is 0.260 e. The molecular weight excluding hydrogens is 344 g/mol. The molecule has 3 aromatic rings. The molecule has 0 aliphatic heterocycles. The number of nitrogens with zero attached hydrogens (tertiary/aromatic N) is 3. The van der Waals surface area contributed by atoms with Crippen LogP contribution in [0.2, 0.25) is 0 Å². The van der Waals surface area contributed by atoms with Gasteiger partial charge in [-0.1, -0.05) is 12.1 Å². The first-order valence-electron chi connectivity index (χ1n) is 8.51. The third-order valence-corrected chi connectivity index (χ3v) is 4.29. The van der Waals surface area contributed by atoms with Gasteiger partial charge >= 0.3 is 0 Å². The topological polar surface area (TPSA) is 77.7 Å². The van der Waals surface area contributed by atoms with Gasteiger partial charge in [-0.2, -0.15) is 5.10 Å². The number of benzene rings is 2. The van der Waals surface area contributed by atoms with E-state index in [1.807, 2.05) is 54.8 Å². The second-order valence-corrected chi connectivity index (χ2v) is 6.03. The van der Waals surface area contributed by atoms with Gasteiger partial charge in [0.25, 0.3) is 5.91 Å². The summed E-state index contributed by atoms with van der Waals surface area (Å²) in [6.45, 7) is 3.83. The molecule has 0 aliphatic carbocycles. The molecular formula is C20H22N4O3. The van der Waals surface area contributed by atoms with Gasteiger partial charge in [0.2, 0.25) is 0 Å². The summed E-state index contributed by atoms with van der Waals surface area (Å²) >= 11 is 0. The largest absolute Gasteiger partial charge is 0.497 e. The molecule has 27 heavy (non-hydrogen) atoms. The molecule has 1 N–H and O–H groups in total. The van der Waals surface area contributed by atoms with Gasteiger partial charge in [-0.05, 0) is 38.1 Å². The highest BCUT2D eigenvalue weighted by Crippen LogP contribution is 2.25. The van der Waals surface area contributed by atoms with E-state index in [9.17, 15) is 4.79 Å². The Morgan fingerprint density at radius 1 is 1.19 bits per heavy atom.